The normalized spacial score (nSPS) is 29.7. The van der Waals surface area contributed by atoms with Crippen LogP contribution in [0.2, 0.25) is 0 Å². The van der Waals surface area contributed by atoms with Crippen LogP contribution in [0.4, 0.5) is 5.69 Å². The third-order valence-corrected chi connectivity index (χ3v) is 5.28. The number of hydrogen-bond acceptors (Lipinski definition) is 3. The minimum Gasteiger partial charge on any atom is -0.497 e. The zero-order chi connectivity index (χ0) is 16.0. The van der Waals surface area contributed by atoms with Gasteiger partial charge in [0, 0.05) is 18.0 Å². The molecule has 1 amide bonds. The molecule has 0 saturated heterocycles. The van der Waals surface area contributed by atoms with Gasteiger partial charge >= 0.3 is 0 Å². The summed E-state index contributed by atoms with van der Waals surface area (Å²) in [5.74, 6) is 1.51. The van der Waals surface area contributed by atoms with E-state index in [2.05, 4.69) is 19.1 Å². The lowest BCUT2D eigenvalue weighted by Crippen LogP contribution is -2.46. The van der Waals surface area contributed by atoms with Gasteiger partial charge in [-0.05, 0) is 43.4 Å². The van der Waals surface area contributed by atoms with Gasteiger partial charge < -0.3 is 14.4 Å². The Bertz CT molecular complexity index is 665. The van der Waals surface area contributed by atoms with E-state index in [1.807, 2.05) is 23.1 Å². The van der Waals surface area contributed by atoms with Crippen LogP contribution in [-0.4, -0.2) is 26.2 Å². The van der Waals surface area contributed by atoms with Crippen molar-refractivity contribution < 1.29 is 14.3 Å². The second-order valence-electron chi connectivity index (χ2n) is 6.83. The third kappa shape index (κ3) is 2.19. The molecule has 122 valence electrons. The Morgan fingerprint density at radius 1 is 1.39 bits per heavy atom. The van der Waals surface area contributed by atoms with E-state index < -0.39 is 5.60 Å². The summed E-state index contributed by atoms with van der Waals surface area (Å²) in [5, 5.41) is 0. The Morgan fingerprint density at radius 3 is 2.96 bits per heavy atom. The van der Waals surface area contributed by atoms with Crippen molar-refractivity contribution in [2.24, 2.45) is 11.8 Å². The molecule has 1 fully saturated rings. The number of carbonyl (C=O) groups is 1. The van der Waals surface area contributed by atoms with Gasteiger partial charge in [-0.1, -0.05) is 19.1 Å². The van der Waals surface area contributed by atoms with Gasteiger partial charge in [0.1, 0.15) is 5.75 Å². The van der Waals surface area contributed by atoms with Crippen LogP contribution in [0, 0.1) is 11.8 Å². The SMILES string of the molecule is COc1ccc2c(c1)[C@@]1(OCCC=C[C@@H]1C)C(=O)N2CC1CC1. The lowest BCUT2D eigenvalue weighted by Gasteiger charge is -2.32. The van der Waals surface area contributed by atoms with E-state index in [9.17, 15) is 4.79 Å². The van der Waals surface area contributed by atoms with Gasteiger partial charge in [0.2, 0.25) is 0 Å². The highest BCUT2D eigenvalue weighted by atomic mass is 16.5. The van der Waals surface area contributed by atoms with E-state index in [1.165, 1.54) is 12.8 Å². The van der Waals surface area contributed by atoms with Crippen LogP contribution in [0.15, 0.2) is 30.4 Å². The number of anilines is 1. The van der Waals surface area contributed by atoms with E-state index in [1.54, 1.807) is 7.11 Å². The minimum atomic E-state index is -0.897. The first-order valence-electron chi connectivity index (χ1n) is 8.48. The fourth-order valence-electron chi connectivity index (χ4n) is 3.77. The standard InChI is InChI=1S/C19H23NO3/c1-13-5-3-4-10-23-19(13)16-11-15(22-2)8-9-17(16)20(18(19)21)12-14-6-7-14/h3,5,8-9,11,13-14H,4,6-7,10,12H2,1-2H3/t13-,19+/m0/s1. The second kappa shape index (κ2) is 5.38. The predicted molar refractivity (Wildman–Crippen MR) is 88.6 cm³/mol. The molecule has 2 aliphatic heterocycles. The number of rotatable bonds is 3. The van der Waals surface area contributed by atoms with Crippen LogP contribution < -0.4 is 9.64 Å². The van der Waals surface area contributed by atoms with Gasteiger partial charge in [0.15, 0.2) is 5.60 Å². The number of ether oxygens (including phenoxy) is 2. The van der Waals surface area contributed by atoms with E-state index in [0.717, 1.165) is 30.0 Å². The van der Waals surface area contributed by atoms with Crippen molar-refractivity contribution in [3.8, 4) is 5.75 Å². The fourth-order valence-corrected chi connectivity index (χ4v) is 3.77. The highest BCUT2D eigenvalue weighted by Crippen LogP contribution is 2.50. The lowest BCUT2D eigenvalue weighted by atomic mass is 9.83. The van der Waals surface area contributed by atoms with Gasteiger partial charge in [-0.25, -0.2) is 0 Å². The lowest BCUT2D eigenvalue weighted by molar-refractivity contribution is -0.148. The molecule has 1 aliphatic carbocycles. The second-order valence-corrected chi connectivity index (χ2v) is 6.83. The Hall–Kier alpha value is -1.81. The molecule has 4 heteroatoms. The molecule has 0 unspecified atom stereocenters. The van der Waals surface area contributed by atoms with Gasteiger partial charge in [0.25, 0.3) is 5.91 Å². The molecular formula is C19H23NO3. The van der Waals surface area contributed by atoms with Crippen molar-refractivity contribution >= 4 is 11.6 Å². The molecule has 0 aromatic heterocycles. The minimum absolute atomic E-state index is 0.00700. The molecule has 1 spiro atoms. The molecular weight excluding hydrogens is 290 g/mol. The van der Waals surface area contributed by atoms with Crippen molar-refractivity contribution in [2.45, 2.75) is 31.8 Å². The third-order valence-electron chi connectivity index (χ3n) is 5.28. The maximum absolute atomic E-state index is 13.4. The summed E-state index contributed by atoms with van der Waals surface area (Å²) in [7, 11) is 1.66. The topological polar surface area (TPSA) is 38.8 Å². The predicted octanol–water partition coefficient (Wildman–Crippen LogP) is 3.26. The van der Waals surface area contributed by atoms with Crippen molar-refractivity contribution in [3.63, 3.8) is 0 Å². The highest BCUT2D eigenvalue weighted by molar-refractivity contribution is 6.07. The van der Waals surface area contributed by atoms with Crippen molar-refractivity contribution in [1.82, 2.24) is 0 Å². The van der Waals surface area contributed by atoms with Gasteiger partial charge in [-0.3, -0.25) is 4.79 Å². The first kappa shape index (κ1) is 14.8. The molecule has 1 aromatic rings. The van der Waals surface area contributed by atoms with Crippen LogP contribution in [0.1, 0.15) is 31.7 Å². The summed E-state index contributed by atoms with van der Waals surface area (Å²) in [6.45, 7) is 3.45. The number of nitrogens with zero attached hydrogens (tertiary/aromatic N) is 1. The number of benzene rings is 1. The molecule has 0 radical (unpaired) electrons. The van der Waals surface area contributed by atoms with E-state index in [-0.39, 0.29) is 11.8 Å². The largest absolute Gasteiger partial charge is 0.497 e. The molecule has 1 saturated carbocycles. The van der Waals surface area contributed by atoms with Crippen LogP contribution in [0.3, 0.4) is 0 Å². The summed E-state index contributed by atoms with van der Waals surface area (Å²) in [5.41, 5.74) is 1.05. The molecule has 0 N–H and O–H groups in total. The Balaban J connectivity index is 1.85. The number of methoxy groups -OCH3 is 1. The number of amides is 1. The summed E-state index contributed by atoms with van der Waals surface area (Å²) in [6, 6.07) is 5.92. The van der Waals surface area contributed by atoms with Gasteiger partial charge in [-0.15, -0.1) is 0 Å². The maximum atomic E-state index is 13.4. The molecule has 4 nitrogen and oxygen atoms in total. The average Bonchev–Trinajstić information content (AvgIpc) is 3.36. The maximum Gasteiger partial charge on any atom is 0.264 e. The quantitative estimate of drug-likeness (QED) is 0.804. The van der Waals surface area contributed by atoms with Gasteiger partial charge in [0.05, 0.1) is 19.4 Å². The van der Waals surface area contributed by atoms with Crippen molar-refractivity contribution in [2.75, 3.05) is 25.2 Å². The summed E-state index contributed by atoms with van der Waals surface area (Å²) >= 11 is 0. The number of fused-ring (bicyclic) bond motifs is 2. The molecule has 1 aromatic carbocycles. The van der Waals surface area contributed by atoms with E-state index in [0.29, 0.717) is 12.5 Å². The van der Waals surface area contributed by atoms with Crippen molar-refractivity contribution in [3.05, 3.63) is 35.9 Å². The summed E-state index contributed by atoms with van der Waals surface area (Å²) in [4.78, 5) is 15.3. The average molecular weight is 313 g/mol. The first-order chi connectivity index (χ1) is 11.2. The molecule has 3 aliphatic rings. The van der Waals surface area contributed by atoms with Crippen LogP contribution >= 0.6 is 0 Å². The smallest absolute Gasteiger partial charge is 0.264 e. The fraction of sp³-hybridized carbons (Fsp3) is 0.526. The first-order valence-corrected chi connectivity index (χ1v) is 8.48. The zero-order valence-electron chi connectivity index (χ0n) is 13.7. The van der Waals surface area contributed by atoms with Crippen LogP contribution in [0.25, 0.3) is 0 Å². The van der Waals surface area contributed by atoms with Crippen LogP contribution in [-0.2, 0) is 15.1 Å². The number of carbonyl (C=O) groups excluding carboxylic acids is 1. The van der Waals surface area contributed by atoms with Crippen molar-refractivity contribution in [1.29, 1.82) is 0 Å². The van der Waals surface area contributed by atoms with Gasteiger partial charge in [-0.2, -0.15) is 0 Å². The Kier molecular flexibility index (Phi) is 3.45. The zero-order valence-corrected chi connectivity index (χ0v) is 13.7. The summed E-state index contributed by atoms with van der Waals surface area (Å²) < 4.78 is 11.6. The summed E-state index contributed by atoms with van der Waals surface area (Å²) in [6.07, 6.45) is 7.53. The molecule has 4 rings (SSSR count). The Morgan fingerprint density at radius 2 is 2.22 bits per heavy atom. The molecule has 2 heterocycles. The van der Waals surface area contributed by atoms with E-state index >= 15 is 0 Å². The molecule has 23 heavy (non-hydrogen) atoms. The van der Waals surface area contributed by atoms with Crippen LogP contribution in [0.5, 0.6) is 5.75 Å². The molecule has 2 atom stereocenters. The Labute approximate surface area is 137 Å². The molecule has 0 bridgehead atoms. The highest BCUT2D eigenvalue weighted by Gasteiger charge is 2.56. The van der Waals surface area contributed by atoms with E-state index in [4.69, 9.17) is 9.47 Å². The number of hydrogen-bond donors (Lipinski definition) is 0. The monoisotopic (exact) mass is 313 g/mol.